The molecule has 570 valence electrons. The van der Waals surface area contributed by atoms with Crippen molar-refractivity contribution in [3.05, 3.63) is 12.2 Å². The highest BCUT2D eigenvalue weighted by molar-refractivity contribution is 5.77. The van der Waals surface area contributed by atoms with Gasteiger partial charge in [0.05, 0.1) is 70.0 Å². The van der Waals surface area contributed by atoms with Gasteiger partial charge >= 0.3 is 5.97 Å². The molecule has 33 atom stereocenters. The SMILES string of the molecule is CCCCCCCCCCCCC/C=C/[C@@H](O)[C@@H](N)CO[C@@H]1OC(CO)[C@H](O[C@@H]2OC(CO)[C@H](O[C@@H]3OC(CO)[C@H](O)C(O[C@@H]4OC(CO)[C@H](O)C(O)C4O[C@@H]4OC(C)[C@@H](O)C(O)C4O)C3NC(C)=O)C(O[C@]3(C(=O)O)C[C@@H](O)[C@@H](NC(C)=O)C([C@H](O)[C@H](O)CO)O3)C2O)C(O)C1O. The van der Waals surface area contributed by atoms with Gasteiger partial charge in [-0.3, -0.25) is 9.59 Å². The van der Waals surface area contributed by atoms with Crippen LogP contribution in [-0.4, -0.2) is 356 Å². The van der Waals surface area contributed by atoms with Gasteiger partial charge in [0, 0.05) is 20.3 Å². The molecule has 6 rings (SSSR count). The number of aliphatic hydroxyl groups excluding tert-OH is 18. The van der Waals surface area contributed by atoms with Crippen molar-refractivity contribution in [2.45, 2.75) is 313 Å². The number of aliphatic carboxylic acids is 1. The summed E-state index contributed by atoms with van der Waals surface area (Å²) in [5.41, 5.74) is 6.23. The van der Waals surface area contributed by atoms with E-state index in [1.54, 1.807) is 6.08 Å². The molecule has 6 saturated heterocycles. The number of rotatable bonds is 37. The molecule has 0 aromatic rings. The Morgan fingerprint density at radius 2 is 1.03 bits per heavy atom. The van der Waals surface area contributed by atoms with Crippen molar-refractivity contribution in [3.63, 3.8) is 0 Å². The highest BCUT2D eigenvalue weighted by atomic mass is 16.8. The number of hydrogen-bond donors (Lipinski definition) is 22. The van der Waals surface area contributed by atoms with Gasteiger partial charge in [-0.25, -0.2) is 4.79 Å². The summed E-state index contributed by atoms with van der Waals surface area (Å²) in [6.45, 7) is -0.823. The van der Waals surface area contributed by atoms with Gasteiger partial charge in [0.2, 0.25) is 11.8 Å². The Morgan fingerprint density at radius 1 is 0.541 bits per heavy atom. The number of aliphatic hydroxyl groups is 18. The maximum absolute atomic E-state index is 13.8. The van der Waals surface area contributed by atoms with Crippen LogP contribution in [0, 0.1) is 0 Å². The molecule has 23 N–H and O–H groups in total. The van der Waals surface area contributed by atoms with Crippen LogP contribution in [0.1, 0.15) is 111 Å². The van der Waals surface area contributed by atoms with E-state index in [0.717, 1.165) is 39.5 Å². The Morgan fingerprint density at radius 3 is 1.61 bits per heavy atom. The standard InChI is InChI=1S/C61H107N3O34/c1-5-6-7-8-9-10-11-12-13-14-15-16-17-18-30(72)29(62)25-87-56-47(83)45(81)49(35(23-68)91-56)93-58-48(84)53(98-61(60(85)86)19-31(73)37(63-27(3)70)52(97-61)40(76)32(74)20-65)50(36(24-69)92-58)94-55-38(64-28(4)71)51(42(78)34(22-67)89-55)95-59-54(44(80)41(77)33(21-66)90-59)96-57-46(82)43(79)39(75)26(2)88-57/h17-18,26,29-59,65-69,72-84H,5-16,19-25,62H2,1-4H3,(H,63,70)(H,64,71)(H,85,86)/b18-17+/t26?,29-,30+,31+,32+,33?,34?,35?,36?,37+,38?,39+,40+,41-,42-,43?,44?,45?,46?,47?,48?,49-,50-,51?,52?,53?,54?,55-,56+,57-,58-,59-,61-/m0/s1. The Bertz CT molecular complexity index is 2400. The molecule has 6 heterocycles. The Hall–Kier alpha value is -3.09. The summed E-state index contributed by atoms with van der Waals surface area (Å²) in [7, 11) is 0. The monoisotopic (exact) mass is 1430 g/mol. The predicted molar refractivity (Wildman–Crippen MR) is 326 cm³/mol. The second-order valence-electron chi connectivity index (χ2n) is 25.9. The number of unbranched alkanes of at least 4 members (excludes halogenated alkanes) is 11. The minimum absolute atomic E-state index is 0.479. The lowest BCUT2D eigenvalue weighted by atomic mass is 9.88. The lowest BCUT2D eigenvalue weighted by Gasteiger charge is -2.53. The molecule has 6 aliphatic heterocycles. The number of ether oxygens (including phenoxy) is 12. The van der Waals surface area contributed by atoms with Crippen molar-refractivity contribution < 1.29 is 168 Å². The molecule has 0 aromatic carbocycles. The van der Waals surface area contributed by atoms with Crippen molar-refractivity contribution in [2.24, 2.45) is 5.73 Å². The summed E-state index contributed by atoms with van der Waals surface area (Å²) in [4.78, 5) is 39.5. The fraction of sp³-hybridized carbons (Fsp3) is 0.918. The van der Waals surface area contributed by atoms with Crippen molar-refractivity contribution in [2.75, 3.05) is 39.6 Å². The van der Waals surface area contributed by atoms with Gasteiger partial charge < -0.3 is 170 Å². The molecule has 0 radical (unpaired) electrons. The zero-order valence-corrected chi connectivity index (χ0v) is 55.3. The molecular formula is C61H107N3O34. The largest absolute Gasteiger partial charge is 0.477 e. The first-order chi connectivity index (χ1) is 46.5. The topological polar surface area (TPSA) is 596 Å². The van der Waals surface area contributed by atoms with Crippen LogP contribution in [0.15, 0.2) is 12.2 Å². The van der Waals surface area contributed by atoms with E-state index in [-0.39, 0.29) is 0 Å². The smallest absolute Gasteiger partial charge is 0.364 e. The number of carbonyl (C=O) groups excluding carboxylic acids is 2. The number of nitrogens with two attached hydrogens (primary N) is 1. The van der Waals surface area contributed by atoms with E-state index < -0.39 is 266 Å². The third-order valence-corrected chi connectivity index (χ3v) is 18.3. The first-order valence-electron chi connectivity index (χ1n) is 33.5. The Kier molecular flexibility index (Phi) is 34.0. The van der Waals surface area contributed by atoms with E-state index in [0.29, 0.717) is 6.42 Å². The lowest BCUT2D eigenvalue weighted by Crippen LogP contribution is -2.72. The average molecular weight is 1430 g/mol. The highest BCUT2D eigenvalue weighted by Gasteiger charge is 2.63. The molecule has 37 nitrogen and oxygen atoms in total. The van der Waals surface area contributed by atoms with E-state index in [1.165, 1.54) is 57.9 Å². The van der Waals surface area contributed by atoms with Crippen LogP contribution < -0.4 is 16.4 Å². The molecule has 6 aliphatic rings. The van der Waals surface area contributed by atoms with Crippen LogP contribution in [0.3, 0.4) is 0 Å². The number of allylic oxidation sites excluding steroid dienone is 1. The summed E-state index contributed by atoms with van der Waals surface area (Å²) in [5.74, 6) is -7.45. The van der Waals surface area contributed by atoms with Gasteiger partial charge in [-0.1, -0.05) is 83.3 Å². The van der Waals surface area contributed by atoms with E-state index in [9.17, 15) is 111 Å². The third kappa shape index (κ3) is 21.3. The molecule has 98 heavy (non-hydrogen) atoms. The van der Waals surface area contributed by atoms with Crippen molar-refractivity contribution >= 4 is 17.8 Å². The summed E-state index contributed by atoms with van der Waals surface area (Å²) in [6, 6.07) is -4.89. The number of amides is 2. The summed E-state index contributed by atoms with van der Waals surface area (Å²) in [6.07, 6.45) is -43.5. The zero-order valence-electron chi connectivity index (χ0n) is 55.3. The maximum atomic E-state index is 13.8. The van der Waals surface area contributed by atoms with Crippen LogP contribution >= 0.6 is 0 Å². The van der Waals surface area contributed by atoms with Gasteiger partial charge in [-0.15, -0.1) is 0 Å². The minimum Gasteiger partial charge on any atom is -0.477 e. The predicted octanol–water partition coefficient (Wildman–Crippen LogP) is -8.61. The van der Waals surface area contributed by atoms with Gasteiger partial charge in [0.25, 0.3) is 5.79 Å². The van der Waals surface area contributed by atoms with Crippen molar-refractivity contribution in [3.8, 4) is 0 Å². The number of carbonyl (C=O) groups is 3. The molecular weight excluding hydrogens is 1320 g/mol. The highest BCUT2D eigenvalue weighted by Crippen LogP contribution is 2.41. The van der Waals surface area contributed by atoms with Crippen LogP contribution in [0.25, 0.3) is 0 Å². The number of carboxylic acid groups (broad SMARTS) is 1. The van der Waals surface area contributed by atoms with Gasteiger partial charge in [0.1, 0.15) is 134 Å². The number of carboxylic acids is 1. The molecule has 0 saturated carbocycles. The van der Waals surface area contributed by atoms with Crippen LogP contribution in [0.4, 0.5) is 0 Å². The van der Waals surface area contributed by atoms with Gasteiger partial charge in [-0.2, -0.15) is 0 Å². The molecule has 16 unspecified atom stereocenters. The maximum Gasteiger partial charge on any atom is 0.364 e. The fourth-order valence-electron chi connectivity index (χ4n) is 12.7. The normalized spacial score (nSPS) is 41.5. The molecule has 0 bridgehead atoms. The zero-order chi connectivity index (χ0) is 72.5. The minimum atomic E-state index is -3.41. The molecule has 2 amide bonds. The van der Waals surface area contributed by atoms with Crippen molar-refractivity contribution in [1.29, 1.82) is 0 Å². The van der Waals surface area contributed by atoms with E-state index in [2.05, 4.69) is 17.6 Å². The average Bonchev–Trinajstić information content (AvgIpc) is 0.755. The Labute approximate surface area is 565 Å². The van der Waals surface area contributed by atoms with Gasteiger partial charge in [-0.05, 0) is 19.8 Å². The van der Waals surface area contributed by atoms with Crippen LogP contribution in [-0.2, 0) is 71.2 Å². The molecule has 37 heteroatoms. The van der Waals surface area contributed by atoms with Crippen LogP contribution in [0.5, 0.6) is 0 Å². The number of nitrogens with one attached hydrogen (secondary N) is 2. The van der Waals surface area contributed by atoms with Gasteiger partial charge in [0.15, 0.2) is 31.5 Å². The first kappa shape index (κ1) is 83.9. The molecule has 6 fully saturated rings. The molecule has 0 aromatic heterocycles. The quantitative estimate of drug-likeness (QED) is 0.0203. The second kappa shape index (κ2) is 39.7. The van der Waals surface area contributed by atoms with E-state index >= 15 is 0 Å². The van der Waals surface area contributed by atoms with Crippen molar-refractivity contribution in [1.82, 2.24) is 10.6 Å². The summed E-state index contributed by atoms with van der Waals surface area (Å²) < 4.78 is 71.4. The third-order valence-electron chi connectivity index (χ3n) is 18.3. The lowest BCUT2D eigenvalue weighted by molar-refractivity contribution is -0.405. The van der Waals surface area contributed by atoms with E-state index in [1.807, 2.05) is 0 Å². The van der Waals surface area contributed by atoms with E-state index in [4.69, 9.17) is 62.6 Å². The summed E-state index contributed by atoms with van der Waals surface area (Å²) in [5, 5.41) is 215. The summed E-state index contributed by atoms with van der Waals surface area (Å²) >= 11 is 0. The Balaban J connectivity index is 1.29. The second-order valence-corrected chi connectivity index (χ2v) is 25.9. The first-order valence-corrected chi connectivity index (χ1v) is 33.5. The fourth-order valence-corrected chi connectivity index (χ4v) is 12.7. The number of hydrogen-bond acceptors (Lipinski definition) is 34. The molecule has 0 aliphatic carbocycles. The molecule has 0 spiro atoms. The van der Waals surface area contributed by atoms with Crippen LogP contribution in [0.2, 0.25) is 0 Å².